The Morgan fingerprint density at radius 1 is 1.12 bits per heavy atom. The molecule has 6 heteroatoms. The lowest BCUT2D eigenvalue weighted by molar-refractivity contribution is 0.0528. The fourth-order valence-corrected chi connectivity index (χ4v) is 2.79. The first-order valence-corrected chi connectivity index (χ1v) is 8.61. The van der Waals surface area contributed by atoms with E-state index in [-0.39, 0.29) is 17.2 Å². The van der Waals surface area contributed by atoms with Crippen LogP contribution >= 0.6 is 11.6 Å². The van der Waals surface area contributed by atoms with Crippen LogP contribution in [0, 0.1) is 5.82 Å². The highest BCUT2D eigenvalue weighted by molar-refractivity contribution is 6.31. The van der Waals surface area contributed by atoms with E-state index >= 15 is 0 Å². The molecule has 26 heavy (non-hydrogen) atoms. The summed E-state index contributed by atoms with van der Waals surface area (Å²) in [6.07, 6.45) is 0. The van der Waals surface area contributed by atoms with Crippen LogP contribution in [0.3, 0.4) is 0 Å². The zero-order valence-corrected chi connectivity index (χ0v) is 15.1. The highest BCUT2D eigenvalue weighted by atomic mass is 35.5. The van der Waals surface area contributed by atoms with Crippen molar-refractivity contribution in [1.82, 2.24) is 4.98 Å². The van der Waals surface area contributed by atoms with E-state index in [1.807, 2.05) is 31.2 Å². The van der Waals surface area contributed by atoms with Gasteiger partial charge in [-0.2, -0.15) is 0 Å². The number of ether oxygens (including phenoxy) is 2. The van der Waals surface area contributed by atoms with Gasteiger partial charge in [0.2, 0.25) is 0 Å². The molecular formula is C20H17ClFNO3. The summed E-state index contributed by atoms with van der Waals surface area (Å²) < 4.78 is 24.4. The smallest absolute Gasteiger partial charge is 0.338 e. The van der Waals surface area contributed by atoms with Crippen LogP contribution in [-0.2, 0) is 4.74 Å². The number of benzene rings is 2. The number of aromatic nitrogens is 1. The minimum absolute atomic E-state index is 0.0522. The molecule has 0 aliphatic carbocycles. The van der Waals surface area contributed by atoms with Crippen molar-refractivity contribution < 1.29 is 18.7 Å². The molecule has 0 fully saturated rings. The topological polar surface area (TPSA) is 48.4 Å². The molecule has 2 aromatic carbocycles. The Labute approximate surface area is 155 Å². The van der Waals surface area contributed by atoms with Crippen molar-refractivity contribution in [2.24, 2.45) is 0 Å². The second-order valence-corrected chi connectivity index (χ2v) is 5.92. The number of carbonyl (C=O) groups is 1. The maximum atomic E-state index is 13.9. The van der Waals surface area contributed by atoms with E-state index < -0.39 is 11.8 Å². The van der Waals surface area contributed by atoms with Crippen molar-refractivity contribution in [1.29, 1.82) is 0 Å². The van der Waals surface area contributed by atoms with Gasteiger partial charge >= 0.3 is 5.97 Å². The Kier molecular flexibility index (Phi) is 5.38. The first kappa shape index (κ1) is 18.1. The summed E-state index contributed by atoms with van der Waals surface area (Å²) in [6.45, 7) is 4.42. The molecule has 0 spiro atoms. The molecule has 134 valence electrons. The van der Waals surface area contributed by atoms with Crippen LogP contribution in [0.1, 0.15) is 24.2 Å². The number of pyridine rings is 1. The van der Waals surface area contributed by atoms with Gasteiger partial charge in [0.05, 0.1) is 35.0 Å². The van der Waals surface area contributed by atoms with Crippen LogP contribution in [0.15, 0.2) is 42.5 Å². The Hall–Kier alpha value is -2.66. The van der Waals surface area contributed by atoms with E-state index in [1.54, 1.807) is 13.0 Å². The summed E-state index contributed by atoms with van der Waals surface area (Å²) in [5, 5.41) is 0.309. The maximum Gasteiger partial charge on any atom is 0.338 e. The van der Waals surface area contributed by atoms with Gasteiger partial charge in [-0.05, 0) is 56.3 Å². The predicted molar refractivity (Wildman–Crippen MR) is 99.3 cm³/mol. The second kappa shape index (κ2) is 7.70. The number of nitrogens with zero attached hydrogens (tertiary/aromatic N) is 1. The fourth-order valence-electron chi connectivity index (χ4n) is 2.64. The van der Waals surface area contributed by atoms with Gasteiger partial charge in [0.15, 0.2) is 0 Å². The van der Waals surface area contributed by atoms with Gasteiger partial charge in [-0.15, -0.1) is 0 Å². The molecule has 3 rings (SSSR count). The number of carbonyl (C=O) groups excluding carboxylic acids is 1. The number of esters is 1. The SMILES string of the molecule is CCOC(=O)c1cc(-c2ccc(OCC)cc2)nc2cc(Cl)c(F)cc12. The maximum absolute atomic E-state index is 13.9. The molecule has 0 amide bonds. The zero-order valence-electron chi connectivity index (χ0n) is 14.4. The third kappa shape index (κ3) is 3.63. The first-order chi connectivity index (χ1) is 12.5. The lowest BCUT2D eigenvalue weighted by Gasteiger charge is -2.11. The Morgan fingerprint density at radius 2 is 1.85 bits per heavy atom. The molecule has 0 atom stereocenters. The molecule has 4 nitrogen and oxygen atoms in total. The molecular weight excluding hydrogens is 357 g/mol. The van der Waals surface area contributed by atoms with Crippen LogP contribution in [0.5, 0.6) is 5.75 Å². The molecule has 0 unspecified atom stereocenters. The summed E-state index contributed by atoms with van der Waals surface area (Å²) in [6, 6.07) is 11.6. The number of hydrogen-bond acceptors (Lipinski definition) is 4. The standard InChI is InChI=1S/C20H17ClFNO3/c1-3-25-13-7-5-12(6-8-13)18-10-15(20(24)26-4-2)14-9-17(22)16(21)11-19(14)23-18/h5-11H,3-4H2,1-2H3. The van der Waals surface area contributed by atoms with Gasteiger partial charge in [0.1, 0.15) is 11.6 Å². The summed E-state index contributed by atoms with van der Waals surface area (Å²) >= 11 is 5.89. The predicted octanol–water partition coefficient (Wildman–Crippen LogP) is 5.27. The van der Waals surface area contributed by atoms with E-state index in [0.717, 1.165) is 11.3 Å². The van der Waals surface area contributed by atoms with Crippen LogP contribution in [0.2, 0.25) is 5.02 Å². The van der Waals surface area contributed by atoms with E-state index in [2.05, 4.69) is 4.98 Å². The Balaban J connectivity index is 2.16. The number of halogens is 2. The minimum atomic E-state index is -0.611. The van der Waals surface area contributed by atoms with Gasteiger partial charge < -0.3 is 9.47 Å². The number of hydrogen-bond donors (Lipinski definition) is 0. The van der Waals surface area contributed by atoms with Crippen molar-refractivity contribution in [2.75, 3.05) is 13.2 Å². The minimum Gasteiger partial charge on any atom is -0.494 e. The lowest BCUT2D eigenvalue weighted by Crippen LogP contribution is -2.07. The Bertz CT molecular complexity index is 957. The summed E-state index contributed by atoms with van der Waals surface area (Å²) in [5.74, 6) is -0.401. The van der Waals surface area contributed by atoms with Crippen molar-refractivity contribution in [3.63, 3.8) is 0 Å². The molecule has 1 aromatic heterocycles. The van der Waals surface area contributed by atoms with Gasteiger partial charge in [0.25, 0.3) is 0 Å². The molecule has 0 bridgehead atoms. The largest absolute Gasteiger partial charge is 0.494 e. The average molecular weight is 374 g/mol. The third-order valence-electron chi connectivity index (χ3n) is 3.81. The van der Waals surface area contributed by atoms with Gasteiger partial charge in [-0.1, -0.05) is 11.6 Å². The quantitative estimate of drug-likeness (QED) is 0.571. The van der Waals surface area contributed by atoms with Gasteiger partial charge in [-0.3, -0.25) is 0 Å². The van der Waals surface area contributed by atoms with Gasteiger partial charge in [0, 0.05) is 10.9 Å². The van der Waals surface area contributed by atoms with Crippen LogP contribution in [0.25, 0.3) is 22.2 Å². The lowest BCUT2D eigenvalue weighted by atomic mass is 10.0. The second-order valence-electron chi connectivity index (χ2n) is 5.52. The highest BCUT2D eigenvalue weighted by Gasteiger charge is 2.17. The van der Waals surface area contributed by atoms with Crippen LogP contribution in [-0.4, -0.2) is 24.2 Å². The normalized spacial score (nSPS) is 10.8. The van der Waals surface area contributed by atoms with Crippen molar-refractivity contribution in [3.05, 3.63) is 58.9 Å². The van der Waals surface area contributed by atoms with Crippen molar-refractivity contribution in [2.45, 2.75) is 13.8 Å². The monoisotopic (exact) mass is 373 g/mol. The molecule has 0 aliphatic heterocycles. The molecule has 0 N–H and O–H groups in total. The van der Waals surface area contributed by atoms with Crippen LogP contribution < -0.4 is 4.74 Å². The third-order valence-corrected chi connectivity index (χ3v) is 4.10. The number of rotatable bonds is 5. The summed E-state index contributed by atoms with van der Waals surface area (Å²) in [4.78, 5) is 16.9. The van der Waals surface area contributed by atoms with E-state index in [0.29, 0.717) is 23.2 Å². The zero-order chi connectivity index (χ0) is 18.7. The highest BCUT2D eigenvalue weighted by Crippen LogP contribution is 2.29. The van der Waals surface area contributed by atoms with Crippen molar-refractivity contribution in [3.8, 4) is 17.0 Å². The number of fused-ring (bicyclic) bond motifs is 1. The summed E-state index contributed by atoms with van der Waals surface area (Å²) in [5.41, 5.74) is 2.02. The molecule has 3 aromatic rings. The molecule has 0 saturated carbocycles. The molecule has 1 heterocycles. The van der Waals surface area contributed by atoms with E-state index in [9.17, 15) is 9.18 Å². The van der Waals surface area contributed by atoms with Crippen molar-refractivity contribution >= 4 is 28.5 Å². The molecule has 0 radical (unpaired) electrons. The Morgan fingerprint density at radius 3 is 2.50 bits per heavy atom. The molecule has 0 saturated heterocycles. The van der Waals surface area contributed by atoms with E-state index in [4.69, 9.17) is 21.1 Å². The molecule has 0 aliphatic rings. The first-order valence-electron chi connectivity index (χ1n) is 8.23. The van der Waals surface area contributed by atoms with Crippen LogP contribution in [0.4, 0.5) is 4.39 Å². The fraction of sp³-hybridized carbons (Fsp3) is 0.200. The van der Waals surface area contributed by atoms with Gasteiger partial charge in [-0.25, -0.2) is 14.2 Å². The average Bonchev–Trinajstić information content (AvgIpc) is 2.63. The van der Waals surface area contributed by atoms with E-state index in [1.165, 1.54) is 12.1 Å². The summed E-state index contributed by atoms with van der Waals surface area (Å²) in [7, 11) is 0.